The first kappa shape index (κ1) is 15.1. The average molecular weight is 323 g/mol. The van der Waals surface area contributed by atoms with Crippen LogP contribution < -0.4 is 0 Å². The van der Waals surface area contributed by atoms with Crippen LogP contribution in [0.5, 0.6) is 0 Å². The molecule has 0 amide bonds. The molecule has 1 saturated carbocycles. The summed E-state index contributed by atoms with van der Waals surface area (Å²) in [5, 5.41) is 0.746. The Labute approximate surface area is 136 Å². The van der Waals surface area contributed by atoms with E-state index in [0.29, 0.717) is 16.9 Å². The van der Waals surface area contributed by atoms with Crippen molar-refractivity contribution in [1.29, 1.82) is 0 Å². The third kappa shape index (κ3) is 2.91. The number of benzene rings is 1. The van der Waals surface area contributed by atoms with Crippen molar-refractivity contribution < 1.29 is 0 Å². The zero-order chi connectivity index (χ0) is 15.4. The van der Waals surface area contributed by atoms with E-state index in [-0.39, 0.29) is 0 Å². The molecule has 1 aromatic carbocycles. The number of aromatic amines is 1. The number of aromatic nitrogens is 2. The van der Waals surface area contributed by atoms with Crippen LogP contribution in [0.3, 0.4) is 0 Å². The monoisotopic (exact) mass is 322 g/mol. The van der Waals surface area contributed by atoms with Gasteiger partial charge in [-0.25, -0.2) is 0 Å². The number of H-pyrrole nitrogens is 1. The molecular weight excluding hydrogens is 300 g/mol. The smallest absolute Gasteiger partial charge is 0.178 e. The van der Waals surface area contributed by atoms with Crippen LogP contribution in [-0.4, -0.2) is 9.55 Å². The molecule has 114 valence electrons. The van der Waals surface area contributed by atoms with E-state index >= 15 is 0 Å². The maximum atomic E-state index is 6.09. The van der Waals surface area contributed by atoms with Gasteiger partial charge in [-0.3, -0.25) is 0 Å². The predicted octanol–water partition coefficient (Wildman–Crippen LogP) is 6.13. The summed E-state index contributed by atoms with van der Waals surface area (Å²) in [6, 6.07) is 6.44. The Morgan fingerprint density at radius 1 is 1.19 bits per heavy atom. The van der Waals surface area contributed by atoms with Gasteiger partial charge in [0.05, 0.1) is 11.0 Å². The standard InChI is InChI=1S/C17H23ClN2S/c1-16(2)8-12(9-17(3,4)10-16)20-14-6-5-11(18)7-13(14)19-15(20)21/h5-7,12H,8-10H2,1-4H3,(H,19,21). The van der Waals surface area contributed by atoms with Gasteiger partial charge in [0, 0.05) is 11.1 Å². The number of imidazole rings is 1. The van der Waals surface area contributed by atoms with E-state index < -0.39 is 0 Å². The number of nitrogens with zero attached hydrogens (tertiary/aromatic N) is 1. The molecule has 3 rings (SSSR count). The molecule has 4 heteroatoms. The van der Waals surface area contributed by atoms with Crippen molar-refractivity contribution >= 4 is 34.9 Å². The van der Waals surface area contributed by atoms with E-state index in [9.17, 15) is 0 Å². The Morgan fingerprint density at radius 3 is 2.43 bits per heavy atom. The molecule has 0 radical (unpaired) electrons. The first-order valence-corrected chi connectivity index (χ1v) is 8.35. The number of fused-ring (bicyclic) bond motifs is 1. The third-order valence-corrected chi connectivity index (χ3v) is 5.11. The van der Waals surface area contributed by atoms with Crippen LogP contribution >= 0.6 is 23.8 Å². The van der Waals surface area contributed by atoms with Gasteiger partial charge in [0.2, 0.25) is 0 Å². The van der Waals surface area contributed by atoms with Crippen LogP contribution in [0.1, 0.15) is 53.0 Å². The molecule has 1 aromatic heterocycles. The summed E-state index contributed by atoms with van der Waals surface area (Å²) in [5.41, 5.74) is 2.89. The Balaban J connectivity index is 2.12. The van der Waals surface area contributed by atoms with Crippen molar-refractivity contribution in [3.8, 4) is 0 Å². The lowest BCUT2D eigenvalue weighted by Crippen LogP contribution is -2.35. The fourth-order valence-electron chi connectivity index (χ4n) is 4.44. The first-order chi connectivity index (χ1) is 9.67. The van der Waals surface area contributed by atoms with Crippen LogP contribution in [0.15, 0.2) is 18.2 Å². The first-order valence-electron chi connectivity index (χ1n) is 7.57. The van der Waals surface area contributed by atoms with E-state index in [1.807, 2.05) is 12.1 Å². The summed E-state index contributed by atoms with van der Waals surface area (Å²) in [7, 11) is 0. The minimum absolute atomic E-state index is 0.344. The lowest BCUT2D eigenvalue weighted by atomic mass is 9.63. The van der Waals surface area contributed by atoms with Gasteiger partial charge in [0.25, 0.3) is 0 Å². The summed E-state index contributed by atoms with van der Waals surface area (Å²) in [4.78, 5) is 3.31. The van der Waals surface area contributed by atoms with Crippen molar-refractivity contribution in [2.24, 2.45) is 10.8 Å². The fourth-order valence-corrected chi connectivity index (χ4v) is 4.97. The number of nitrogens with one attached hydrogen (secondary N) is 1. The molecule has 1 heterocycles. The second kappa shape index (κ2) is 4.85. The maximum absolute atomic E-state index is 6.09. The molecule has 0 aliphatic heterocycles. The van der Waals surface area contributed by atoms with Gasteiger partial charge in [0.1, 0.15) is 0 Å². The van der Waals surface area contributed by atoms with Crippen LogP contribution in [0.4, 0.5) is 0 Å². The van der Waals surface area contributed by atoms with Crippen molar-refractivity contribution in [1.82, 2.24) is 9.55 Å². The molecular formula is C17H23ClN2S. The number of hydrogen-bond donors (Lipinski definition) is 1. The van der Waals surface area contributed by atoms with E-state index in [1.165, 1.54) is 24.8 Å². The summed E-state index contributed by atoms with van der Waals surface area (Å²) >= 11 is 11.7. The number of hydrogen-bond acceptors (Lipinski definition) is 1. The van der Waals surface area contributed by atoms with Crippen molar-refractivity contribution in [2.45, 2.75) is 53.0 Å². The third-order valence-electron chi connectivity index (χ3n) is 4.58. The highest BCUT2D eigenvalue weighted by Gasteiger charge is 2.39. The normalized spacial score (nSPS) is 21.8. The Kier molecular flexibility index (Phi) is 3.49. The zero-order valence-electron chi connectivity index (χ0n) is 13.2. The highest BCUT2D eigenvalue weighted by atomic mass is 35.5. The Hall–Kier alpha value is -0.800. The van der Waals surface area contributed by atoms with Crippen LogP contribution in [0.25, 0.3) is 11.0 Å². The largest absolute Gasteiger partial charge is 0.331 e. The zero-order valence-corrected chi connectivity index (χ0v) is 14.7. The molecule has 2 nitrogen and oxygen atoms in total. The van der Waals surface area contributed by atoms with Gasteiger partial charge in [-0.2, -0.15) is 0 Å². The quantitative estimate of drug-likeness (QED) is 0.626. The average Bonchev–Trinajstić information content (AvgIpc) is 2.59. The molecule has 21 heavy (non-hydrogen) atoms. The Bertz CT molecular complexity index is 723. The van der Waals surface area contributed by atoms with Gasteiger partial charge in [-0.05, 0) is 60.5 Å². The van der Waals surface area contributed by atoms with Gasteiger partial charge >= 0.3 is 0 Å². The molecule has 1 fully saturated rings. The van der Waals surface area contributed by atoms with E-state index in [4.69, 9.17) is 23.8 Å². The lowest BCUT2D eigenvalue weighted by molar-refractivity contribution is 0.0733. The van der Waals surface area contributed by atoms with E-state index in [0.717, 1.165) is 15.3 Å². The van der Waals surface area contributed by atoms with Crippen molar-refractivity contribution in [3.63, 3.8) is 0 Å². The molecule has 0 saturated heterocycles. The number of rotatable bonds is 1. The van der Waals surface area contributed by atoms with Crippen LogP contribution in [0.2, 0.25) is 5.02 Å². The molecule has 0 bridgehead atoms. The maximum Gasteiger partial charge on any atom is 0.178 e. The summed E-state index contributed by atoms with van der Waals surface area (Å²) < 4.78 is 3.12. The van der Waals surface area contributed by atoms with Crippen LogP contribution in [-0.2, 0) is 0 Å². The predicted molar refractivity (Wildman–Crippen MR) is 92.6 cm³/mol. The van der Waals surface area contributed by atoms with Crippen molar-refractivity contribution in [3.05, 3.63) is 28.0 Å². The van der Waals surface area contributed by atoms with Gasteiger partial charge in [-0.1, -0.05) is 39.3 Å². The summed E-state index contributed by atoms with van der Waals surface area (Å²) in [6.07, 6.45) is 3.60. The fraction of sp³-hybridized carbons (Fsp3) is 0.588. The second-order valence-electron chi connectivity index (χ2n) is 8.03. The van der Waals surface area contributed by atoms with E-state index in [2.05, 4.69) is 43.3 Å². The van der Waals surface area contributed by atoms with Gasteiger partial charge < -0.3 is 9.55 Å². The number of halogens is 1. The minimum atomic E-state index is 0.344. The molecule has 0 atom stereocenters. The Morgan fingerprint density at radius 2 is 1.81 bits per heavy atom. The van der Waals surface area contributed by atoms with Gasteiger partial charge in [-0.15, -0.1) is 0 Å². The highest BCUT2D eigenvalue weighted by molar-refractivity contribution is 7.71. The highest BCUT2D eigenvalue weighted by Crippen LogP contribution is 2.50. The topological polar surface area (TPSA) is 20.7 Å². The molecule has 2 aromatic rings. The molecule has 1 aliphatic carbocycles. The van der Waals surface area contributed by atoms with Crippen molar-refractivity contribution in [2.75, 3.05) is 0 Å². The lowest BCUT2D eigenvalue weighted by Gasteiger charge is -2.45. The minimum Gasteiger partial charge on any atom is -0.331 e. The molecule has 0 unspecified atom stereocenters. The summed E-state index contributed by atoms with van der Waals surface area (Å²) in [6.45, 7) is 9.49. The van der Waals surface area contributed by atoms with Crippen LogP contribution in [0, 0.1) is 15.6 Å². The molecule has 1 aliphatic rings. The SMILES string of the molecule is CC1(C)CC(n2c(=S)[nH]c3cc(Cl)ccc32)CC(C)(C)C1. The second-order valence-corrected chi connectivity index (χ2v) is 8.85. The molecule has 0 spiro atoms. The van der Waals surface area contributed by atoms with E-state index in [1.54, 1.807) is 0 Å². The summed E-state index contributed by atoms with van der Waals surface area (Å²) in [5.74, 6) is 0. The molecule has 1 N–H and O–H groups in total. The van der Waals surface area contributed by atoms with Gasteiger partial charge in [0.15, 0.2) is 4.77 Å².